The third-order valence-corrected chi connectivity index (χ3v) is 3.87. The van der Waals surface area contributed by atoms with Gasteiger partial charge < -0.3 is 11.5 Å². The number of hydrogen-bond donors (Lipinski definition) is 2. The molecule has 0 aliphatic rings. The van der Waals surface area contributed by atoms with Crippen molar-refractivity contribution in [2.24, 2.45) is 0 Å². The van der Waals surface area contributed by atoms with Gasteiger partial charge in [0.05, 0.1) is 22.5 Å². The Morgan fingerprint density at radius 3 is 2.45 bits per heavy atom. The fraction of sp³-hybridized carbons (Fsp3) is 0.0714. The summed E-state index contributed by atoms with van der Waals surface area (Å²) in [4.78, 5) is 14.0. The van der Waals surface area contributed by atoms with Gasteiger partial charge in [-0.1, -0.05) is 41.7 Å². The van der Waals surface area contributed by atoms with Gasteiger partial charge in [-0.25, -0.2) is 15.0 Å². The van der Waals surface area contributed by atoms with Crippen LogP contribution in [0.3, 0.4) is 0 Å². The summed E-state index contributed by atoms with van der Waals surface area (Å²) in [6, 6.07) is 9.78. The van der Waals surface area contributed by atoms with Crippen LogP contribution in [-0.2, 0) is 0 Å². The molecular weight excluding hydrogens is 270 g/mol. The molecule has 4 N–H and O–H groups in total. The summed E-state index contributed by atoms with van der Waals surface area (Å²) in [7, 11) is 0. The Morgan fingerprint density at radius 2 is 1.80 bits per heavy atom. The molecule has 0 aliphatic heterocycles. The maximum absolute atomic E-state index is 5.99. The lowest BCUT2D eigenvalue weighted by molar-refractivity contribution is 1.18. The minimum atomic E-state index is 0.511. The van der Waals surface area contributed by atoms with Crippen LogP contribution in [0.5, 0.6) is 0 Å². The molecule has 2 heterocycles. The van der Waals surface area contributed by atoms with E-state index in [0.29, 0.717) is 22.3 Å². The lowest BCUT2D eigenvalue weighted by Crippen LogP contribution is -1.98. The van der Waals surface area contributed by atoms with Crippen LogP contribution in [0, 0.1) is 6.92 Å². The van der Waals surface area contributed by atoms with Gasteiger partial charge in [0.2, 0.25) is 0 Å². The van der Waals surface area contributed by atoms with E-state index in [0.717, 1.165) is 16.1 Å². The molecule has 0 atom stereocenters. The average Bonchev–Trinajstić information content (AvgIpc) is 2.79. The van der Waals surface area contributed by atoms with Crippen LogP contribution in [0.1, 0.15) is 5.69 Å². The van der Waals surface area contributed by atoms with Gasteiger partial charge in [-0.05, 0) is 6.92 Å². The van der Waals surface area contributed by atoms with Crippen LogP contribution in [0.15, 0.2) is 36.5 Å². The fourth-order valence-electron chi connectivity index (χ4n) is 1.94. The van der Waals surface area contributed by atoms with E-state index in [1.54, 1.807) is 6.20 Å². The molecule has 20 heavy (non-hydrogen) atoms. The van der Waals surface area contributed by atoms with Gasteiger partial charge >= 0.3 is 0 Å². The predicted molar refractivity (Wildman–Crippen MR) is 82.1 cm³/mol. The molecule has 3 rings (SSSR count). The molecule has 0 bridgehead atoms. The van der Waals surface area contributed by atoms with Crippen molar-refractivity contribution in [3.8, 4) is 22.0 Å². The summed E-state index contributed by atoms with van der Waals surface area (Å²) < 4.78 is 0. The van der Waals surface area contributed by atoms with Crippen LogP contribution in [-0.4, -0.2) is 15.0 Å². The molecule has 0 saturated carbocycles. The van der Waals surface area contributed by atoms with Crippen molar-refractivity contribution >= 4 is 22.2 Å². The first-order valence-electron chi connectivity index (χ1n) is 6.06. The Kier molecular flexibility index (Phi) is 3.08. The standard InChI is InChI=1S/C14H13N5S/c1-8-12(20-14(16)18-8)11-10(15)7-17-13(19-11)9-5-3-2-4-6-9/h2-7H,15H2,1H3,(H2,16,18). The molecule has 6 heteroatoms. The van der Waals surface area contributed by atoms with E-state index in [-0.39, 0.29) is 0 Å². The minimum absolute atomic E-state index is 0.511. The van der Waals surface area contributed by atoms with Crippen molar-refractivity contribution in [3.63, 3.8) is 0 Å². The highest BCUT2D eigenvalue weighted by Crippen LogP contribution is 2.34. The number of nitrogens with two attached hydrogens (primary N) is 2. The normalized spacial score (nSPS) is 10.7. The van der Waals surface area contributed by atoms with Crippen LogP contribution in [0.2, 0.25) is 0 Å². The molecular formula is C14H13N5S. The van der Waals surface area contributed by atoms with Crippen LogP contribution in [0.4, 0.5) is 10.8 Å². The van der Waals surface area contributed by atoms with Crippen molar-refractivity contribution in [2.45, 2.75) is 6.92 Å². The second-order valence-electron chi connectivity index (χ2n) is 4.33. The minimum Gasteiger partial charge on any atom is -0.396 e. The quantitative estimate of drug-likeness (QED) is 0.754. The van der Waals surface area contributed by atoms with E-state index in [2.05, 4.69) is 15.0 Å². The van der Waals surface area contributed by atoms with Crippen molar-refractivity contribution in [1.29, 1.82) is 0 Å². The third-order valence-electron chi connectivity index (χ3n) is 2.88. The summed E-state index contributed by atoms with van der Waals surface area (Å²) in [5.41, 5.74) is 14.7. The Balaban J connectivity index is 2.15. The summed E-state index contributed by atoms with van der Waals surface area (Å²) in [6.45, 7) is 1.89. The molecule has 0 radical (unpaired) electrons. The zero-order valence-electron chi connectivity index (χ0n) is 10.9. The summed E-state index contributed by atoms with van der Waals surface area (Å²) in [6.07, 6.45) is 1.63. The highest BCUT2D eigenvalue weighted by atomic mass is 32.1. The molecule has 0 fully saturated rings. The molecule has 2 aromatic heterocycles. The van der Waals surface area contributed by atoms with Gasteiger partial charge in [0.15, 0.2) is 11.0 Å². The van der Waals surface area contributed by atoms with Crippen molar-refractivity contribution in [2.75, 3.05) is 11.5 Å². The van der Waals surface area contributed by atoms with E-state index in [1.165, 1.54) is 11.3 Å². The number of benzene rings is 1. The Labute approximate surface area is 120 Å². The van der Waals surface area contributed by atoms with Crippen molar-refractivity contribution in [1.82, 2.24) is 15.0 Å². The van der Waals surface area contributed by atoms with E-state index < -0.39 is 0 Å². The molecule has 3 aromatic rings. The number of thiazole rings is 1. The zero-order valence-corrected chi connectivity index (χ0v) is 11.7. The second kappa shape index (κ2) is 4.90. The topological polar surface area (TPSA) is 90.7 Å². The molecule has 0 spiro atoms. The van der Waals surface area contributed by atoms with Crippen LogP contribution in [0.25, 0.3) is 22.0 Å². The fourth-order valence-corrected chi connectivity index (χ4v) is 2.78. The maximum Gasteiger partial charge on any atom is 0.180 e. The summed E-state index contributed by atoms with van der Waals surface area (Å²) in [5.74, 6) is 0.640. The van der Waals surface area contributed by atoms with Gasteiger partial charge in [0.1, 0.15) is 5.69 Å². The van der Waals surface area contributed by atoms with Gasteiger partial charge in [0.25, 0.3) is 0 Å². The van der Waals surface area contributed by atoms with Gasteiger partial charge in [0, 0.05) is 5.56 Å². The maximum atomic E-state index is 5.99. The first-order chi connectivity index (χ1) is 9.65. The highest BCUT2D eigenvalue weighted by Gasteiger charge is 2.14. The molecule has 1 aromatic carbocycles. The Morgan fingerprint density at radius 1 is 1.05 bits per heavy atom. The molecule has 0 unspecified atom stereocenters. The zero-order chi connectivity index (χ0) is 14.1. The number of aromatic nitrogens is 3. The first-order valence-corrected chi connectivity index (χ1v) is 6.88. The van der Waals surface area contributed by atoms with Gasteiger partial charge in [-0.3, -0.25) is 0 Å². The second-order valence-corrected chi connectivity index (χ2v) is 5.36. The van der Waals surface area contributed by atoms with Crippen LogP contribution >= 0.6 is 11.3 Å². The van der Waals surface area contributed by atoms with Gasteiger partial charge in [-0.2, -0.15) is 0 Å². The Hall–Kier alpha value is -2.47. The predicted octanol–water partition coefficient (Wildman–Crippen LogP) is 2.74. The van der Waals surface area contributed by atoms with Crippen molar-refractivity contribution < 1.29 is 0 Å². The molecule has 0 amide bonds. The lowest BCUT2D eigenvalue weighted by Gasteiger charge is -2.06. The molecule has 0 aliphatic carbocycles. The van der Waals surface area contributed by atoms with E-state index in [4.69, 9.17) is 11.5 Å². The SMILES string of the molecule is Cc1nc(N)sc1-c1nc(-c2ccccc2)ncc1N. The number of anilines is 2. The summed E-state index contributed by atoms with van der Waals surface area (Å²) >= 11 is 1.38. The van der Waals surface area contributed by atoms with Gasteiger partial charge in [-0.15, -0.1) is 0 Å². The number of rotatable bonds is 2. The van der Waals surface area contributed by atoms with E-state index in [1.807, 2.05) is 37.3 Å². The monoisotopic (exact) mass is 283 g/mol. The van der Waals surface area contributed by atoms with E-state index in [9.17, 15) is 0 Å². The third kappa shape index (κ3) is 2.21. The molecule has 100 valence electrons. The Bertz CT molecular complexity index is 752. The largest absolute Gasteiger partial charge is 0.396 e. The highest BCUT2D eigenvalue weighted by molar-refractivity contribution is 7.18. The smallest absolute Gasteiger partial charge is 0.180 e. The number of nitrogens with zero attached hydrogens (tertiary/aromatic N) is 3. The lowest BCUT2D eigenvalue weighted by atomic mass is 10.2. The number of aryl methyl sites for hydroxylation is 1. The van der Waals surface area contributed by atoms with Crippen molar-refractivity contribution in [3.05, 3.63) is 42.2 Å². The molecule has 0 saturated heterocycles. The summed E-state index contributed by atoms with van der Waals surface area (Å²) in [5, 5.41) is 0.511. The number of hydrogen-bond acceptors (Lipinski definition) is 6. The first kappa shape index (κ1) is 12.6. The van der Waals surface area contributed by atoms with E-state index >= 15 is 0 Å². The number of nitrogen functional groups attached to an aromatic ring is 2. The molecule has 5 nitrogen and oxygen atoms in total. The van der Waals surface area contributed by atoms with Crippen LogP contribution < -0.4 is 11.5 Å². The average molecular weight is 283 g/mol.